The van der Waals surface area contributed by atoms with Crippen molar-refractivity contribution in [1.82, 2.24) is 9.97 Å². The Hall–Kier alpha value is -1.83. The molecule has 1 N–H and O–H groups in total. The minimum atomic E-state index is -0.178. The summed E-state index contributed by atoms with van der Waals surface area (Å²) >= 11 is 1.47. The Kier molecular flexibility index (Phi) is 4.78. The van der Waals surface area contributed by atoms with Crippen molar-refractivity contribution in [3.63, 3.8) is 0 Å². The van der Waals surface area contributed by atoms with E-state index in [1.165, 1.54) is 11.3 Å². The number of carbonyl (C=O) groups excluding carboxylic acids is 1. The Morgan fingerprint density at radius 3 is 2.96 bits per heavy atom. The van der Waals surface area contributed by atoms with Crippen molar-refractivity contribution in [1.29, 1.82) is 0 Å². The van der Waals surface area contributed by atoms with Crippen molar-refractivity contribution < 1.29 is 14.3 Å². The van der Waals surface area contributed by atoms with Crippen LogP contribution in [0.15, 0.2) is 30.7 Å². The molecule has 132 valence electrons. The lowest BCUT2D eigenvalue weighted by molar-refractivity contribution is -0.155. The zero-order chi connectivity index (χ0) is 17.1. The summed E-state index contributed by atoms with van der Waals surface area (Å²) in [4.78, 5) is 22.2. The molecule has 25 heavy (non-hydrogen) atoms. The van der Waals surface area contributed by atoms with Crippen LogP contribution in [0.2, 0.25) is 0 Å². The number of nitrogens with one attached hydrogen (secondary N) is 1. The van der Waals surface area contributed by atoms with E-state index in [4.69, 9.17) is 9.47 Å². The zero-order valence-corrected chi connectivity index (χ0v) is 14.8. The van der Waals surface area contributed by atoms with E-state index in [2.05, 4.69) is 15.3 Å². The maximum Gasteiger partial charge on any atom is 0.229 e. The minimum Gasteiger partial charge on any atom is -0.381 e. The van der Waals surface area contributed by atoms with Crippen LogP contribution in [-0.2, 0) is 14.3 Å². The summed E-state index contributed by atoms with van der Waals surface area (Å²) in [5.74, 6) is 0.0128. The normalized spacial score (nSPS) is 22.6. The highest BCUT2D eigenvalue weighted by Gasteiger charge is 2.41. The van der Waals surface area contributed by atoms with Gasteiger partial charge in [-0.05, 0) is 31.7 Å². The van der Waals surface area contributed by atoms with Gasteiger partial charge in [0.05, 0.1) is 10.5 Å². The highest BCUT2D eigenvalue weighted by molar-refractivity contribution is 7.19. The molecule has 0 aromatic carbocycles. The van der Waals surface area contributed by atoms with Gasteiger partial charge in [0.1, 0.15) is 0 Å². The molecule has 0 bridgehead atoms. The maximum absolute atomic E-state index is 12.7. The topological polar surface area (TPSA) is 73.3 Å². The van der Waals surface area contributed by atoms with Gasteiger partial charge in [-0.1, -0.05) is 17.4 Å². The first kappa shape index (κ1) is 16.6. The van der Waals surface area contributed by atoms with Gasteiger partial charge in [-0.15, -0.1) is 0 Å². The van der Waals surface area contributed by atoms with E-state index in [-0.39, 0.29) is 17.4 Å². The summed E-state index contributed by atoms with van der Waals surface area (Å²) in [7, 11) is 0. The lowest BCUT2D eigenvalue weighted by atomic mass is 9.80. The molecule has 2 aromatic rings. The number of pyridine rings is 1. The van der Waals surface area contributed by atoms with Crippen molar-refractivity contribution in [2.45, 2.75) is 31.3 Å². The lowest BCUT2D eigenvalue weighted by Crippen LogP contribution is -2.46. The third-order valence-corrected chi connectivity index (χ3v) is 5.91. The van der Waals surface area contributed by atoms with Crippen molar-refractivity contribution in [3.8, 4) is 10.4 Å². The van der Waals surface area contributed by atoms with Crippen LogP contribution in [0.5, 0.6) is 0 Å². The van der Waals surface area contributed by atoms with Crippen LogP contribution in [0.4, 0.5) is 5.13 Å². The molecule has 6 nitrogen and oxygen atoms in total. The minimum absolute atomic E-state index is 0.0300. The van der Waals surface area contributed by atoms with E-state index in [9.17, 15) is 4.79 Å². The fraction of sp³-hybridized carbons (Fsp3) is 0.500. The molecule has 2 aliphatic rings. The number of nitrogens with zero attached hydrogens (tertiary/aromatic N) is 2. The first-order chi connectivity index (χ1) is 12.2. The van der Waals surface area contributed by atoms with Crippen molar-refractivity contribution in [2.24, 2.45) is 5.92 Å². The largest absolute Gasteiger partial charge is 0.381 e. The number of hydrogen-bond acceptors (Lipinski definition) is 6. The molecular weight excluding hydrogens is 338 g/mol. The van der Waals surface area contributed by atoms with Crippen LogP contribution < -0.4 is 5.32 Å². The average molecular weight is 359 g/mol. The van der Waals surface area contributed by atoms with Gasteiger partial charge >= 0.3 is 0 Å². The molecule has 0 saturated carbocycles. The molecule has 7 heteroatoms. The summed E-state index contributed by atoms with van der Waals surface area (Å²) in [6.07, 6.45) is 8.59. The van der Waals surface area contributed by atoms with Crippen molar-refractivity contribution in [3.05, 3.63) is 30.7 Å². The van der Waals surface area contributed by atoms with Crippen molar-refractivity contribution >= 4 is 22.4 Å². The molecule has 2 aliphatic heterocycles. The Balaban J connectivity index is 1.41. The number of carbonyl (C=O) groups is 1. The van der Waals surface area contributed by atoms with E-state index < -0.39 is 0 Å². The van der Waals surface area contributed by atoms with Crippen LogP contribution in [0, 0.1) is 5.92 Å². The molecule has 1 unspecified atom stereocenters. The first-order valence-electron chi connectivity index (χ1n) is 8.63. The fourth-order valence-corrected chi connectivity index (χ4v) is 4.33. The number of anilines is 1. The second kappa shape index (κ2) is 7.19. The molecular formula is C18H21N3O3S. The van der Waals surface area contributed by atoms with Gasteiger partial charge < -0.3 is 14.8 Å². The molecule has 1 spiro atoms. The molecule has 2 aromatic heterocycles. The third-order valence-electron chi connectivity index (χ3n) is 4.95. The standard InChI is InChI=1S/C18H21N3O3S/c22-16(13-3-7-24-18(10-13)4-8-23-9-5-18)21-17-20-12-15(25-17)14-2-1-6-19-11-14/h1-2,6,11-13H,3-5,7-10H2,(H,20,21,22). The SMILES string of the molecule is O=C(Nc1ncc(-c2cccnc2)s1)C1CCOC2(CCOCC2)C1. The van der Waals surface area contributed by atoms with Gasteiger partial charge in [0.2, 0.25) is 5.91 Å². The Bertz CT molecular complexity index is 723. The summed E-state index contributed by atoms with van der Waals surface area (Å²) < 4.78 is 11.5. The number of rotatable bonds is 3. The molecule has 4 heterocycles. The average Bonchev–Trinajstić information content (AvgIpc) is 3.12. The van der Waals surface area contributed by atoms with Crippen LogP contribution in [-0.4, -0.2) is 41.3 Å². The number of aromatic nitrogens is 2. The molecule has 1 amide bonds. The predicted molar refractivity (Wildman–Crippen MR) is 95.4 cm³/mol. The van der Waals surface area contributed by atoms with Gasteiger partial charge in [0.15, 0.2) is 5.13 Å². The van der Waals surface area contributed by atoms with Gasteiger partial charge in [-0.25, -0.2) is 4.98 Å². The summed E-state index contributed by atoms with van der Waals surface area (Å²) in [6.45, 7) is 2.07. The Morgan fingerprint density at radius 2 is 2.16 bits per heavy atom. The van der Waals surface area contributed by atoms with Gasteiger partial charge in [0.25, 0.3) is 0 Å². The predicted octanol–water partition coefficient (Wildman–Crippen LogP) is 3.12. The molecule has 4 rings (SSSR count). The summed E-state index contributed by atoms with van der Waals surface area (Å²) in [5, 5.41) is 3.62. The molecule has 0 aliphatic carbocycles. The van der Waals surface area contributed by atoms with E-state index in [1.807, 2.05) is 12.1 Å². The van der Waals surface area contributed by atoms with Crippen LogP contribution >= 0.6 is 11.3 Å². The second-order valence-electron chi connectivity index (χ2n) is 6.59. The molecule has 1 atom stereocenters. The fourth-order valence-electron chi connectivity index (χ4n) is 3.52. The Morgan fingerprint density at radius 1 is 1.28 bits per heavy atom. The van der Waals surface area contributed by atoms with Crippen LogP contribution in [0.1, 0.15) is 25.7 Å². The highest BCUT2D eigenvalue weighted by atomic mass is 32.1. The van der Waals surface area contributed by atoms with E-state index in [0.29, 0.717) is 11.7 Å². The quantitative estimate of drug-likeness (QED) is 0.911. The van der Waals surface area contributed by atoms with E-state index >= 15 is 0 Å². The molecule has 2 saturated heterocycles. The van der Waals surface area contributed by atoms with Crippen LogP contribution in [0.25, 0.3) is 10.4 Å². The van der Waals surface area contributed by atoms with E-state index in [0.717, 1.165) is 49.3 Å². The van der Waals surface area contributed by atoms with Crippen LogP contribution in [0.3, 0.4) is 0 Å². The van der Waals surface area contributed by atoms with Crippen molar-refractivity contribution in [2.75, 3.05) is 25.1 Å². The smallest absolute Gasteiger partial charge is 0.229 e. The maximum atomic E-state index is 12.7. The number of amides is 1. The monoisotopic (exact) mass is 359 g/mol. The van der Waals surface area contributed by atoms with Gasteiger partial charge in [-0.3, -0.25) is 9.78 Å². The van der Waals surface area contributed by atoms with E-state index in [1.54, 1.807) is 18.6 Å². The summed E-state index contributed by atoms with van der Waals surface area (Å²) in [5.41, 5.74) is 0.829. The van der Waals surface area contributed by atoms with Gasteiger partial charge in [-0.2, -0.15) is 0 Å². The third kappa shape index (κ3) is 3.73. The summed E-state index contributed by atoms with van der Waals surface area (Å²) in [6, 6.07) is 3.88. The van der Waals surface area contributed by atoms with Gasteiger partial charge in [0, 0.05) is 49.9 Å². The highest BCUT2D eigenvalue weighted by Crippen LogP contribution is 2.37. The number of hydrogen-bond donors (Lipinski definition) is 1. The number of thiazole rings is 1. The first-order valence-corrected chi connectivity index (χ1v) is 9.45. The molecule has 0 radical (unpaired) electrons. The Labute approximate surface area is 150 Å². The second-order valence-corrected chi connectivity index (χ2v) is 7.62. The zero-order valence-electron chi connectivity index (χ0n) is 13.9. The molecule has 2 fully saturated rings. The number of ether oxygens (including phenoxy) is 2. The lowest BCUT2D eigenvalue weighted by Gasteiger charge is -2.42.